The molecule has 0 aromatic carbocycles. The van der Waals surface area contributed by atoms with Crippen LogP contribution >= 0.6 is 0 Å². The van der Waals surface area contributed by atoms with Gasteiger partial charge < -0.3 is 9.80 Å². The molecule has 0 amide bonds. The fourth-order valence-corrected chi connectivity index (χ4v) is 4.01. The Morgan fingerprint density at radius 2 is 1.00 bits per heavy atom. The summed E-state index contributed by atoms with van der Waals surface area (Å²) in [5, 5.41) is 0. The molecule has 10 heteroatoms. The number of piperidine rings is 2. The van der Waals surface area contributed by atoms with Crippen molar-refractivity contribution < 1.29 is 35.9 Å². The molecule has 0 N–H and O–H groups in total. The standard InChI is InChI=1S/C21H28F6N2O2/c22-20(23,24)18(30)8-14-28-10-4-16(5-11-28)2-1-3-17-6-12-29(13-7-17)15-9-19(31)21(25,26)27/h8-9,14-17H,1-7,10-13H2. The number of hydrogen-bond donors (Lipinski definition) is 0. The topological polar surface area (TPSA) is 40.6 Å². The van der Waals surface area contributed by atoms with Gasteiger partial charge in [-0.1, -0.05) is 19.3 Å². The first-order chi connectivity index (χ1) is 14.4. The van der Waals surface area contributed by atoms with Gasteiger partial charge in [-0.15, -0.1) is 0 Å². The molecule has 2 heterocycles. The Labute approximate surface area is 177 Å². The van der Waals surface area contributed by atoms with Crippen LogP contribution < -0.4 is 0 Å². The van der Waals surface area contributed by atoms with Crippen molar-refractivity contribution in [2.45, 2.75) is 57.3 Å². The number of hydrogen-bond acceptors (Lipinski definition) is 4. The Morgan fingerprint density at radius 1 is 0.677 bits per heavy atom. The molecule has 0 bridgehead atoms. The van der Waals surface area contributed by atoms with Crippen molar-refractivity contribution in [2.24, 2.45) is 11.8 Å². The number of likely N-dealkylation sites (tertiary alicyclic amines) is 2. The van der Waals surface area contributed by atoms with Gasteiger partial charge in [0, 0.05) is 50.7 Å². The van der Waals surface area contributed by atoms with Crippen LogP contribution in [0.2, 0.25) is 0 Å². The van der Waals surface area contributed by atoms with Crippen molar-refractivity contribution >= 4 is 11.6 Å². The summed E-state index contributed by atoms with van der Waals surface area (Å²) in [6.07, 6.45) is 0.598. The van der Waals surface area contributed by atoms with Gasteiger partial charge >= 0.3 is 12.4 Å². The minimum absolute atomic E-state index is 0.513. The van der Waals surface area contributed by atoms with Gasteiger partial charge in [0.05, 0.1) is 0 Å². The van der Waals surface area contributed by atoms with Gasteiger partial charge in [-0.3, -0.25) is 9.59 Å². The first-order valence-corrected chi connectivity index (χ1v) is 10.5. The highest BCUT2D eigenvalue weighted by atomic mass is 19.4. The number of carbonyl (C=O) groups is 2. The third-order valence-corrected chi connectivity index (χ3v) is 5.96. The van der Waals surface area contributed by atoms with Crippen molar-refractivity contribution in [1.29, 1.82) is 0 Å². The van der Waals surface area contributed by atoms with E-state index in [9.17, 15) is 35.9 Å². The Bertz CT molecular complexity index is 600. The van der Waals surface area contributed by atoms with Gasteiger partial charge in [0.15, 0.2) is 0 Å². The van der Waals surface area contributed by atoms with Crippen molar-refractivity contribution in [1.82, 2.24) is 9.80 Å². The predicted molar refractivity (Wildman–Crippen MR) is 103 cm³/mol. The van der Waals surface area contributed by atoms with Crippen LogP contribution in [0.15, 0.2) is 24.6 Å². The summed E-state index contributed by atoms with van der Waals surface area (Å²) in [5.41, 5.74) is 0. The van der Waals surface area contributed by atoms with Crippen LogP contribution in [0.1, 0.15) is 44.9 Å². The highest BCUT2D eigenvalue weighted by Crippen LogP contribution is 2.28. The van der Waals surface area contributed by atoms with Crippen molar-refractivity contribution in [3.8, 4) is 0 Å². The first kappa shape index (κ1) is 25.3. The molecule has 0 unspecified atom stereocenters. The average molecular weight is 454 g/mol. The molecule has 2 fully saturated rings. The molecule has 176 valence electrons. The van der Waals surface area contributed by atoms with Crippen LogP contribution in [0, 0.1) is 11.8 Å². The number of carbonyl (C=O) groups excluding carboxylic acids is 2. The van der Waals surface area contributed by atoms with Crippen LogP contribution in [0.3, 0.4) is 0 Å². The Hall–Kier alpha value is -2.00. The lowest BCUT2D eigenvalue weighted by Gasteiger charge is -2.33. The zero-order valence-corrected chi connectivity index (χ0v) is 17.2. The van der Waals surface area contributed by atoms with Crippen LogP contribution in [-0.2, 0) is 9.59 Å². The van der Waals surface area contributed by atoms with E-state index in [-0.39, 0.29) is 0 Å². The summed E-state index contributed by atoms with van der Waals surface area (Å²) < 4.78 is 73.3. The largest absolute Gasteiger partial charge is 0.454 e. The number of halogens is 6. The molecule has 2 saturated heterocycles. The smallest absolute Gasteiger partial charge is 0.377 e. The van der Waals surface area contributed by atoms with E-state index in [1.807, 2.05) is 0 Å². The molecule has 0 aliphatic carbocycles. The van der Waals surface area contributed by atoms with E-state index in [1.54, 1.807) is 9.80 Å². The number of allylic oxidation sites excluding steroid dienone is 2. The molecule has 31 heavy (non-hydrogen) atoms. The normalized spacial score (nSPS) is 20.2. The second kappa shape index (κ2) is 11.0. The van der Waals surface area contributed by atoms with Gasteiger partial charge in [-0.2, -0.15) is 26.3 Å². The molecular formula is C21H28F6N2O2. The molecule has 4 nitrogen and oxygen atoms in total. The van der Waals surface area contributed by atoms with Gasteiger partial charge in [-0.25, -0.2) is 0 Å². The highest BCUT2D eigenvalue weighted by Gasteiger charge is 2.37. The first-order valence-electron chi connectivity index (χ1n) is 10.5. The number of nitrogens with zero attached hydrogens (tertiary/aromatic N) is 2. The quantitative estimate of drug-likeness (QED) is 0.388. The summed E-state index contributed by atoms with van der Waals surface area (Å²) in [6.45, 7) is 2.53. The Balaban J connectivity index is 1.59. The minimum atomic E-state index is -4.83. The van der Waals surface area contributed by atoms with Crippen molar-refractivity contribution in [2.75, 3.05) is 26.2 Å². The second-order valence-electron chi connectivity index (χ2n) is 8.25. The summed E-state index contributed by atoms with van der Waals surface area (Å²) in [4.78, 5) is 25.3. The van der Waals surface area contributed by atoms with E-state index in [0.29, 0.717) is 50.2 Å². The number of alkyl halides is 6. The maximum absolute atomic E-state index is 12.2. The third kappa shape index (κ3) is 8.95. The van der Waals surface area contributed by atoms with Crippen molar-refractivity contribution in [3.05, 3.63) is 24.6 Å². The lowest BCUT2D eigenvalue weighted by molar-refractivity contribution is -0.165. The van der Waals surface area contributed by atoms with Crippen molar-refractivity contribution in [3.63, 3.8) is 0 Å². The van der Waals surface area contributed by atoms with Crippen LogP contribution in [0.25, 0.3) is 0 Å². The molecular weight excluding hydrogens is 426 g/mol. The molecule has 0 spiro atoms. The maximum Gasteiger partial charge on any atom is 0.454 e. The molecule has 2 aliphatic rings. The van der Waals surface area contributed by atoms with E-state index < -0.39 is 23.9 Å². The van der Waals surface area contributed by atoms with E-state index in [1.165, 1.54) is 12.4 Å². The second-order valence-corrected chi connectivity index (χ2v) is 8.25. The van der Waals surface area contributed by atoms with E-state index in [2.05, 4.69) is 0 Å². The summed E-state index contributed by atoms with van der Waals surface area (Å²) in [6, 6.07) is 0. The van der Waals surface area contributed by atoms with Crippen LogP contribution in [0.4, 0.5) is 26.3 Å². The highest BCUT2D eigenvalue weighted by molar-refractivity contribution is 5.94. The van der Waals surface area contributed by atoms with Crippen LogP contribution in [0.5, 0.6) is 0 Å². The predicted octanol–water partition coefficient (Wildman–Crippen LogP) is 4.87. The molecule has 0 aromatic rings. The molecule has 0 saturated carbocycles. The average Bonchev–Trinajstić information content (AvgIpc) is 2.70. The summed E-state index contributed by atoms with van der Waals surface area (Å²) in [7, 11) is 0. The van der Waals surface area contributed by atoms with Gasteiger partial charge in [0.25, 0.3) is 11.6 Å². The van der Waals surface area contributed by atoms with E-state index in [0.717, 1.165) is 44.9 Å². The van der Waals surface area contributed by atoms with E-state index in [4.69, 9.17) is 0 Å². The van der Waals surface area contributed by atoms with Gasteiger partial charge in [-0.05, 0) is 37.5 Å². The minimum Gasteiger partial charge on any atom is -0.377 e. The molecule has 2 rings (SSSR count). The zero-order valence-electron chi connectivity index (χ0n) is 17.2. The van der Waals surface area contributed by atoms with E-state index >= 15 is 0 Å². The lowest BCUT2D eigenvalue weighted by atomic mass is 9.87. The van der Waals surface area contributed by atoms with Crippen LogP contribution in [-0.4, -0.2) is 59.9 Å². The molecule has 0 radical (unpaired) electrons. The summed E-state index contributed by atoms with van der Waals surface area (Å²) >= 11 is 0. The Kier molecular flexibility index (Phi) is 9.00. The zero-order chi connectivity index (χ0) is 23.1. The SMILES string of the molecule is O=C(C=CN1CCC(CCCC2CCN(C=CC(=O)C(F)(F)F)CC2)CC1)C(F)(F)F. The fraction of sp³-hybridized carbons (Fsp3) is 0.714. The molecule has 2 aliphatic heterocycles. The van der Waals surface area contributed by atoms with Gasteiger partial charge in [0.1, 0.15) is 0 Å². The molecule has 0 aromatic heterocycles. The van der Waals surface area contributed by atoms with Gasteiger partial charge in [0.2, 0.25) is 0 Å². The lowest BCUT2D eigenvalue weighted by Crippen LogP contribution is -2.31. The monoisotopic (exact) mass is 454 g/mol. The number of rotatable bonds is 8. The third-order valence-electron chi connectivity index (χ3n) is 5.96. The number of ketones is 2. The maximum atomic E-state index is 12.2. The Morgan fingerprint density at radius 3 is 1.29 bits per heavy atom. The molecule has 0 atom stereocenters. The summed E-state index contributed by atoms with van der Waals surface area (Å²) in [5.74, 6) is -2.66. The fourth-order valence-electron chi connectivity index (χ4n) is 4.01.